The lowest BCUT2D eigenvalue weighted by Crippen LogP contribution is -1.96. The molecule has 0 amide bonds. The van der Waals surface area contributed by atoms with E-state index in [1.54, 1.807) is 18.4 Å². The molecule has 0 saturated carbocycles. The van der Waals surface area contributed by atoms with E-state index in [1.165, 1.54) is 16.3 Å². The molecule has 0 aliphatic heterocycles. The Kier molecular flexibility index (Phi) is 3.95. The van der Waals surface area contributed by atoms with Crippen LogP contribution in [0.2, 0.25) is 0 Å². The molecular formula is C17H15ClOS. The van der Waals surface area contributed by atoms with Gasteiger partial charge in [-0.15, -0.1) is 22.9 Å². The molecule has 0 spiro atoms. The normalized spacial score (nSPS) is 12.5. The van der Waals surface area contributed by atoms with Crippen LogP contribution in [0.25, 0.3) is 10.8 Å². The third-order valence-electron chi connectivity index (χ3n) is 3.39. The molecule has 102 valence electrons. The molecule has 0 aliphatic carbocycles. The molecular weight excluding hydrogens is 288 g/mol. The lowest BCUT2D eigenvalue weighted by atomic mass is 10.0. The zero-order valence-corrected chi connectivity index (χ0v) is 12.7. The van der Waals surface area contributed by atoms with Gasteiger partial charge < -0.3 is 4.74 Å². The summed E-state index contributed by atoms with van der Waals surface area (Å²) in [4.78, 5) is 1.10. The first-order valence-electron chi connectivity index (χ1n) is 6.51. The summed E-state index contributed by atoms with van der Waals surface area (Å²) in [6.45, 7) is 0. The Morgan fingerprint density at radius 3 is 2.70 bits per heavy atom. The van der Waals surface area contributed by atoms with Crippen LogP contribution in [-0.2, 0) is 6.42 Å². The summed E-state index contributed by atoms with van der Waals surface area (Å²) in [6.07, 6.45) is 0.809. The molecule has 1 heterocycles. The number of rotatable bonds is 4. The number of ether oxygens (including phenoxy) is 1. The highest BCUT2D eigenvalue weighted by molar-refractivity contribution is 7.10. The SMILES string of the molecule is COc1ccsc1C(Cl)Cc1ccc2ccccc2c1. The summed E-state index contributed by atoms with van der Waals surface area (Å²) >= 11 is 8.20. The smallest absolute Gasteiger partial charge is 0.134 e. The number of halogens is 1. The summed E-state index contributed by atoms with van der Waals surface area (Å²) in [5.74, 6) is 0.885. The average Bonchev–Trinajstić information content (AvgIpc) is 2.95. The molecule has 3 aromatic rings. The summed E-state index contributed by atoms with van der Waals surface area (Å²) in [6, 6.07) is 16.9. The van der Waals surface area contributed by atoms with Crippen LogP contribution < -0.4 is 4.74 Å². The summed E-state index contributed by atoms with van der Waals surface area (Å²) in [5, 5.41) is 4.48. The first-order chi connectivity index (χ1) is 9.78. The minimum Gasteiger partial charge on any atom is -0.496 e. The van der Waals surface area contributed by atoms with Gasteiger partial charge >= 0.3 is 0 Å². The zero-order chi connectivity index (χ0) is 13.9. The van der Waals surface area contributed by atoms with Crippen LogP contribution in [0.15, 0.2) is 53.9 Å². The fraction of sp³-hybridized carbons (Fsp3) is 0.176. The standard InChI is InChI=1S/C17H15ClOS/c1-19-16-8-9-20-17(16)15(18)11-12-6-7-13-4-2-3-5-14(13)10-12/h2-10,15H,11H2,1H3. The van der Waals surface area contributed by atoms with E-state index in [0.717, 1.165) is 17.0 Å². The summed E-state index contributed by atoms with van der Waals surface area (Å²) < 4.78 is 5.34. The van der Waals surface area contributed by atoms with Crippen LogP contribution >= 0.6 is 22.9 Å². The topological polar surface area (TPSA) is 9.23 Å². The van der Waals surface area contributed by atoms with Crippen LogP contribution in [0.4, 0.5) is 0 Å². The Balaban J connectivity index is 1.85. The molecule has 3 heteroatoms. The molecule has 1 nitrogen and oxygen atoms in total. The van der Waals surface area contributed by atoms with E-state index in [0.29, 0.717) is 0 Å². The second kappa shape index (κ2) is 5.86. The van der Waals surface area contributed by atoms with Crippen LogP contribution in [0.1, 0.15) is 15.8 Å². The van der Waals surface area contributed by atoms with Crippen LogP contribution in [0.3, 0.4) is 0 Å². The quantitative estimate of drug-likeness (QED) is 0.584. The zero-order valence-electron chi connectivity index (χ0n) is 11.2. The fourth-order valence-electron chi connectivity index (χ4n) is 2.37. The molecule has 0 bridgehead atoms. The lowest BCUT2D eigenvalue weighted by Gasteiger charge is -2.10. The van der Waals surface area contributed by atoms with Gasteiger partial charge in [-0.1, -0.05) is 42.5 Å². The molecule has 20 heavy (non-hydrogen) atoms. The minimum atomic E-state index is -0.0499. The second-order valence-corrected chi connectivity index (χ2v) is 6.18. The maximum Gasteiger partial charge on any atom is 0.134 e. The van der Waals surface area contributed by atoms with Gasteiger partial charge in [-0.3, -0.25) is 0 Å². The van der Waals surface area contributed by atoms with E-state index in [2.05, 4.69) is 42.5 Å². The number of hydrogen-bond acceptors (Lipinski definition) is 2. The Morgan fingerprint density at radius 1 is 1.10 bits per heavy atom. The number of fused-ring (bicyclic) bond motifs is 1. The van der Waals surface area contributed by atoms with Gasteiger partial charge in [0.1, 0.15) is 5.75 Å². The largest absolute Gasteiger partial charge is 0.496 e. The number of methoxy groups -OCH3 is 1. The van der Waals surface area contributed by atoms with E-state index in [9.17, 15) is 0 Å². The molecule has 1 aromatic heterocycles. The monoisotopic (exact) mass is 302 g/mol. The van der Waals surface area contributed by atoms with Gasteiger partial charge in [0.25, 0.3) is 0 Å². The third kappa shape index (κ3) is 2.67. The van der Waals surface area contributed by atoms with Crippen molar-refractivity contribution in [3.8, 4) is 5.75 Å². The second-order valence-electron chi connectivity index (χ2n) is 4.71. The first kappa shape index (κ1) is 13.5. The van der Waals surface area contributed by atoms with Crippen molar-refractivity contribution in [1.82, 2.24) is 0 Å². The highest BCUT2D eigenvalue weighted by Gasteiger charge is 2.15. The molecule has 1 unspecified atom stereocenters. The fourth-order valence-corrected chi connectivity index (χ4v) is 3.65. The third-order valence-corrected chi connectivity index (χ3v) is 4.90. The molecule has 2 aromatic carbocycles. The van der Waals surface area contributed by atoms with E-state index >= 15 is 0 Å². The Hall–Kier alpha value is -1.51. The molecule has 0 fully saturated rings. The highest BCUT2D eigenvalue weighted by Crippen LogP contribution is 2.37. The molecule has 0 aliphatic rings. The first-order valence-corrected chi connectivity index (χ1v) is 7.82. The molecule has 3 rings (SSSR count). The summed E-state index contributed by atoms with van der Waals surface area (Å²) in [5.41, 5.74) is 1.25. The van der Waals surface area contributed by atoms with Gasteiger partial charge in [-0.25, -0.2) is 0 Å². The van der Waals surface area contributed by atoms with E-state index < -0.39 is 0 Å². The van der Waals surface area contributed by atoms with Gasteiger partial charge in [0, 0.05) is 0 Å². The van der Waals surface area contributed by atoms with Gasteiger partial charge in [0.2, 0.25) is 0 Å². The van der Waals surface area contributed by atoms with E-state index in [-0.39, 0.29) is 5.38 Å². The Morgan fingerprint density at radius 2 is 1.90 bits per heavy atom. The predicted octanol–water partition coefficient (Wildman–Crippen LogP) is 5.43. The number of thiophene rings is 1. The average molecular weight is 303 g/mol. The maximum atomic E-state index is 6.55. The van der Waals surface area contributed by atoms with Crippen molar-refractivity contribution in [2.45, 2.75) is 11.8 Å². The molecule has 0 saturated heterocycles. The van der Waals surface area contributed by atoms with Gasteiger partial charge in [-0.05, 0) is 34.2 Å². The molecule has 1 atom stereocenters. The van der Waals surface area contributed by atoms with Gasteiger partial charge in [0.05, 0.1) is 17.4 Å². The molecule has 0 radical (unpaired) electrons. The van der Waals surface area contributed by atoms with Crippen molar-refractivity contribution in [1.29, 1.82) is 0 Å². The Labute approximate surface area is 127 Å². The number of alkyl halides is 1. The van der Waals surface area contributed by atoms with Crippen LogP contribution in [0, 0.1) is 0 Å². The van der Waals surface area contributed by atoms with Crippen LogP contribution in [0.5, 0.6) is 5.75 Å². The minimum absolute atomic E-state index is 0.0499. The highest BCUT2D eigenvalue weighted by atomic mass is 35.5. The van der Waals surface area contributed by atoms with Crippen molar-refractivity contribution in [2.24, 2.45) is 0 Å². The predicted molar refractivity (Wildman–Crippen MR) is 87.1 cm³/mol. The lowest BCUT2D eigenvalue weighted by molar-refractivity contribution is 0.412. The van der Waals surface area contributed by atoms with Crippen molar-refractivity contribution >= 4 is 33.7 Å². The van der Waals surface area contributed by atoms with Crippen molar-refractivity contribution in [3.05, 3.63) is 64.4 Å². The van der Waals surface area contributed by atoms with Gasteiger partial charge in [-0.2, -0.15) is 0 Å². The maximum absolute atomic E-state index is 6.55. The van der Waals surface area contributed by atoms with Crippen molar-refractivity contribution < 1.29 is 4.74 Å². The van der Waals surface area contributed by atoms with Crippen molar-refractivity contribution in [3.63, 3.8) is 0 Å². The summed E-state index contributed by atoms with van der Waals surface area (Å²) in [7, 11) is 1.69. The van der Waals surface area contributed by atoms with E-state index in [4.69, 9.17) is 16.3 Å². The number of benzene rings is 2. The van der Waals surface area contributed by atoms with Crippen molar-refractivity contribution in [2.75, 3.05) is 7.11 Å². The van der Waals surface area contributed by atoms with E-state index in [1.807, 2.05) is 11.4 Å². The Bertz CT molecular complexity index is 720. The number of hydrogen-bond donors (Lipinski definition) is 0. The van der Waals surface area contributed by atoms with Crippen LogP contribution in [-0.4, -0.2) is 7.11 Å². The van der Waals surface area contributed by atoms with Gasteiger partial charge in [0.15, 0.2) is 0 Å². The molecule has 0 N–H and O–H groups in total.